The first kappa shape index (κ1) is 14.8. The third-order valence-electron chi connectivity index (χ3n) is 3.76. The molecule has 0 atom stereocenters. The smallest absolute Gasteiger partial charge is 0.272 e. The molecule has 0 aliphatic heterocycles. The third kappa shape index (κ3) is 3.06. The zero-order chi connectivity index (χ0) is 15.9. The van der Waals surface area contributed by atoms with Crippen molar-refractivity contribution in [3.05, 3.63) is 50.9 Å². The summed E-state index contributed by atoms with van der Waals surface area (Å²) in [5.74, 6) is 0.633. The molecule has 0 saturated heterocycles. The predicted molar refractivity (Wildman–Crippen MR) is 83.1 cm³/mol. The summed E-state index contributed by atoms with van der Waals surface area (Å²) in [5, 5.41) is 0.628. The highest BCUT2D eigenvalue weighted by atomic mass is 35.5. The molecule has 1 saturated carbocycles. The largest absolute Gasteiger partial charge is 0.351 e. The summed E-state index contributed by atoms with van der Waals surface area (Å²) in [4.78, 5) is 32.7. The number of rotatable bonds is 4. The van der Waals surface area contributed by atoms with Gasteiger partial charge in [0, 0.05) is 38.0 Å². The van der Waals surface area contributed by atoms with Gasteiger partial charge in [-0.3, -0.25) is 9.59 Å². The van der Waals surface area contributed by atoms with Gasteiger partial charge in [0.05, 0.1) is 11.6 Å². The maximum Gasteiger partial charge on any atom is 0.272 e. The van der Waals surface area contributed by atoms with E-state index in [1.165, 1.54) is 11.0 Å². The number of hydrogen-bond acceptors (Lipinski definition) is 3. The Kier molecular flexibility index (Phi) is 3.78. The number of nitrogens with zero attached hydrogens (tertiary/aromatic N) is 3. The van der Waals surface area contributed by atoms with Gasteiger partial charge in [-0.1, -0.05) is 11.6 Å². The van der Waals surface area contributed by atoms with Crippen molar-refractivity contribution in [3.63, 3.8) is 0 Å². The van der Waals surface area contributed by atoms with Gasteiger partial charge in [0.2, 0.25) is 0 Å². The summed E-state index contributed by atoms with van der Waals surface area (Å²) < 4.78 is 1.87. The van der Waals surface area contributed by atoms with E-state index in [0.29, 0.717) is 17.4 Å². The molecule has 0 unspecified atom stereocenters. The predicted octanol–water partition coefficient (Wildman–Crippen LogP) is 1.91. The molecule has 1 amide bonds. The fraction of sp³-hybridized carbons (Fsp3) is 0.400. The number of H-pyrrole nitrogens is 1. The first-order valence-corrected chi connectivity index (χ1v) is 7.49. The Bertz CT molecular complexity index is 776. The Labute approximate surface area is 132 Å². The number of halogens is 1. The van der Waals surface area contributed by atoms with Crippen LogP contribution in [0.15, 0.2) is 23.1 Å². The monoisotopic (exact) mass is 320 g/mol. The first-order valence-electron chi connectivity index (χ1n) is 7.11. The van der Waals surface area contributed by atoms with Crippen molar-refractivity contribution in [1.82, 2.24) is 19.4 Å². The molecule has 0 bridgehead atoms. The summed E-state index contributed by atoms with van der Waals surface area (Å²) in [7, 11) is 3.55. The van der Waals surface area contributed by atoms with Crippen LogP contribution in [0.3, 0.4) is 0 Å². The fourth-order valence-corrected chi connectivity index (χ4v) is 2.64. The van der Waals surface area contributed by atoms with Crippen molar-refractivity contribution in [1.29, 1.82) is 0 Å². The van der Waals surface area contributed by atoms with Crippen molar-refractivity contribution in [3.8, 4) is 0 Å². The number of amides is 1. The fourth-order valence-electron chi connectivity index (χ4n) is 2.37. The van der Waals surface area contributed by atoms with E-state index in [-0.39, 0.29) is 23.1 Å². The van der Waals surface area contributed by atoms with Crippen LogP contribution in [0, 0.1) is 0 Å². The molecule has 7 heteroatoms. The van der Waals surface area contributed by atoms with Crippen molar-refractivity contribution in [2.24, 2.45) is 7.05 Å². The molecule has 1 aliphatic carbocycles. The minimum atomic E-state index is -0.282. The van der Waals surface area contributed by atoms with Crippen molar-refractivity contribution in [2.45, 2.75) is 25.3 Å². The highest BCUT2D eigenvalue weighted by molar-refractivity contribution is 6.30. The number of carbonyl (C=O) groups is 1. The molecule has 3 rings (SSSR count). The molecule has 6 nitrogen and oxygen atoms in total. The Hall–Kier alpha value is -2.08. The van der Waals surface area contributed by atoms with Crippen LogP contribution < -0.4 is 5.56 Å². The molecule has 0 spiro atoms. The van der Waals surface area contributed by atoms with Gasteiger partial charge in [0.1, 0.15) is 11.5 Å². The van der Waals surface area contributed by atoms with Gasteiger partial charge in [0.25, 0.3) is 11.5 Å². The second kappa shape index (κ2) is 5.61. The minimum absolute atomic E-state index is 0.188. The number of aryl methyl sites for hydroxylation is 1. The molecule has 1 N–H and O–H groups in total. The van der Waals surface area contributed by atoms with Gasteiger partial charge in [0.15, 0.2) is 0 Å². The van der Waals surface area contributed by atoms with E-state index in [4.69, 9.17) is 11.6 Å². The molecule has 116 valence electrons. The lowest BCUT2D eigenvalue weighted by Crippen LogP contribution is -2.29. The number of aromatic nitrogens is 3. The Morgan fingerprint density at radius 2 is 2.23 bits per heavy atom. The lowest BCUT2D eigenvalue weighted by atomic mass is 10.3. The summed E-state index contributed by atoms with van der Waals surface area (Å²) >= 11 is 5.95. The van der Waals surface area contributed by atoms with Gasteiger partial charge < -0.3 is 14.5 Å². The quantitative estimate of drug-likeness (QED) is 0.935. The summed E-state index contributed by atoms with van der Waals surface area (Å²) in [6, 6.07) is 3.06. The average Bonchev–Trinajstić information content (AvgIpc) is 3.25. The summed E-state index contributed by atoms with van der Waals surface area (Å²) in [6.45, 7) is 0.398. The number of carbonyl (C=O) groups excluding carboxylic acids is 1. The van der Waals surface area contributed by atoms with Crippen LogP contribution >= 0.6 is 11.6 Å². The average molecular weight is 321 g/mol. The van der Waals surface area contributed by atoms with Gasteiger partial charge in [-0.15, -0.1) is 0 Å². The lowest BCUT2D eigenvalue weighted by molar-refractivity contribution is 0.0776. The van der Waals surface area contributed by atoms with Crippen LogP contribution in [0.25, 0.3) is 0 Å². The normalized spacial score (nSPS) is 14.1. The van der Waals surface area contributed by atoms with Crippen molar-refractivity contribution < 1.29 is 4.79 Å². The van der Waals surface area contributed by atoms with Gasteiger partial charge >= 0.3 is 0 Å². The number of hydrogen-bond donors (Lipinski definition) is 1. The molecule has 22 heavy (non-hydrogen) atoms. The van der Waals surface area contributed by atoms with Gasteiger partial charge in [-0.2, -0.15) is 0 Å². The second-order valence-corrected chi connectivity index (χ2v) is 6.15. The highest BCUT2D eigenvalue weighted by Crippen LogP contribution is 2.37. The Morgan fingerprint density at radius 1 is 1.50 bits per heavy atom. The number of aromatic amines is 1. The van der Waals surface area contributed by atoms with Gasteiger partial charge in [-0.05, 0) is 18.9 Å². The van der Waals surface area contributed by atoms with E-state index in [9.17, 15) is 9.59 Å². The van der Waals surface area contributed by atoms with Crippen LogP contribution in [-0.2, 0) is 13.6 Å². The van der Waals surface area contributed by atoms with Crippen LogP contribution in [0.2, 0.25) is 5.02 Å². The topological polar surface area (TPSA) is 71.0 Å². The summed E-state index contributed by atoms with van der Waals surface area (Å²) in [6.07, 6.45) is 3.81. The molecule has 2 heterocycles. The van der Waals surface area contributed by atoms with Crippen LogP contribution in [0.5, 0.6) is 0 Å². The SMILES string of the molecule is CN(Cc1cc(Cl)cn1C)C(=O)c1cc(=O)[nH]c(C2CC2)n1. The van der Waals surface area contributed by atoms with E-state index in [1.54, 1.807) is 13.2 Å². The maximum absolute atomic E-state index is 12.5. The lowest BCUT2D eigenvalue weighted by Gasteiger charge is -2.17. The van der Waals surface area contributed by atoms with E-state index in [2.05, 4.69) is 9.97 Å². The number of nitrogens with one attached hydrogen (secondary N) is 1. The van der Waals surface area contributed by atoms with E-state index >= 15 is 0 Å². The van der Waals surface area contributed by atoms with E-state index in [0.717, 1.165) is 18.5 Å². The molecular weight excluding hydrogens is 304 g/mol. The molecule has 2 aromatic heterocycles. The minimum Gasteiger partial charge on any atom is -0.351 e. The Morgan fingerprint density at radius 3 is 2.82 bits per heavy atom. The summed E-state index contributed by atoms with van der Waals surface area (Å²) in [5.41, 5.74) is 0.817. The van der Waals surface area contributed by atoms with E-state index in [1.807, 2.05) is 17.7 Å². The van der Waals surface area contributed by atoms with Crippen LogP contribution in [0.4, 0.5) is 0 Å². The molecule has 0 aromatic carbocycles. The molecular formula is C15H17ClN4O2. The first-order chi connectivity index (χ1) is 10.4. The van der Waals surface area contributed by atoms with Crippen LogP contribution in [0.1, 0.15) is 40.8 Å². The molecule has 1 fully saturated rings. The van der Waals surface area contributed by atoms with Crippen LogP contribution in [-0.4, -0.2) is 32.4 Å². The molecule has 0 radical (unpaired) electrons. The Balaban J connectivity index is 1.80. The standard InChI is InChI=1S/C15H17ClN4O2/c1-19-7-10(16)5-11(19)8-20(2)15(22)12-6-13(21)18-14(17-12)9-3-4-9/h5-7,9H,3-4,8H2,1-2H3,(H,17,18,21). The second-order valence-electron chi connectivity index (χ2n) is 5.71. The van der Waals surface area contributed by atoms with Crippen molar-refractivity contribution >= 4 is 17.5 Å². The third-order valence-corrected chi connectivity index (χ3v) is 3.97. The molecule has 1 aliphatic rings. The van der Waals surface area contributed by atoms with Crippen molar-refractivity contribution in [2.75, 3.05) is 7.05 Å². The van der Waals surface area contributed by atoms with E-state index < -0.39 is 0 Å². The maximum atomic E-state index is 12.5. The molecule has 2 aromatic rings. The zero-order valence-electron chi connectivity index (χ0n) is 12.5. The highest BCUT2D eigenvalue weighted by Gasteiger charge is 2.27. The van der Waals surface area contributed by atoms with Gasteiger partial charge in [-0.25, -0.2) is 4.98 Å². The zero-order valence-corrected chi connectivity index (χ0v) is 13.2.